The minimum atomic E-state index is 0.752. The molecule has 0 radical (unpaired) electrons. The van der Waals surface area contributed by atoms with Crippen LogP contribution in [0, 0.1) is 9.85 Å². The molecule has 0 aliphatic carbocycles. The Labute approximate surface area is 103 Å². The van der Waals surface area contributed by atoms with Crippen molar-refractivity contribution in [2.75, 3.05) is 18.5 Å². The predicted octanol–water partition coefficient (Wildman–Crippen LogP) is 2.93. The molecule has 0 spiro atoms. The van der Waals surface area contributed by atoms with E-state index in [0.29, 0.717) is 0 Å². The van der Waals surface area contributed by atoms with Gasteiger partial charge in [0.1, 0.15) is 0 Å². The zero-order chi connectivity index (χ0) is 10.4. The fourth-order valence-electron chi connectivity index (χ4n) is 1.05. The minimum absolute atomic E-state index is 0.752. The van der Waals surface area contributed by atoms with Crippen molar-refractivity contribution in [3.63, 3.8) is 0 Å². The van der Waals surface area contributed by atoms with Gasteiger partial charge in [-0.25, -0.2) is 4.98 Å². The Morgan fingerprint density at radius 3 is 3.07 bits per heavy atom. The molecule has 0 atom stereocenters. The Bertz CT molecular complexity index is 337. The summed E-state index contributed by atoms with van der Waals surface area (Å²) in [6, 6.07) is 0. The van der Waals surface area contributed by atoms with E-state index in [0.717, 1.165) is 18.1 Å². The average Bonchev–Trinajstić information content (AvgIpc) is 2.63. The van der Waals surface area contributed by atoms with Gasteiger partial charge in [0.25, 0.3) is 0 Å². The molecule has 0 amide bonds. The second-order valence-corrected chi connectivity index (χ2v) is 4.62. The molecule has 4 heteroatoms. The van der Waals surface area contributed by atoms with Crippen LogP contribution in [-0.4, -0.2) is 18.6 Å². The first-order valence-corrected chi connectivity index (χ1v) is 6.41. The number of hydrogen-bond acceptors (Lipinski definition) is 3. The summed E-state index contributed by atoms with van der Waals surface area (Å²) in [5.74, 6) is 3.02. The van der Waals surface area contributed by atoms with E-state index in [9.17, 15) is 0 Å². The van der Waals surface area contributed by atoms with E-state index in [1.54, 1.807) is 11.3 Å². The summed E-state index contributed by atoms with van der Waals surface area (Å²) in [6.07, 6.45) is 4.28. The maximum Gasteiger partial charge on any atom is 0.186 e. The van der Waals surface area contributed by atoms with E-state index in [2.05, 4.69) is 49.2 Å². The van der Waals surface area contributed by atoms with Crippen molar-refractivity contribution in [3.05, 3.63) is 11.1 Å². The first-order chi connectivity index (χ1) is 6.77. The summed E-state index contributed by atoms with van der Waals surface area (Å²) in [4.78, 5) is 7.80. The SMILES string of the molecule is CCCc1cnc(N(C)CC#CI)s1. The third-order valence-electron chi connectivity index (χ3n) is 1.75. The van der Waals surface area contributed by atoms with Crippen LogP contribution in [-0.2, 0) is 6.42 Å². The van der Waals surface area contributed by atoms with Crippen molar-refractivity contribution in [2.24, 2.45) is 0 Å². The Kier molecular flexibility index (Phi) is 5.26. The fourth-order valence-corrected chi connectivity index (χ4v) is 2.19. The van der Waals surface area contributed by atoms with Crippen molar-refractivity contribution in [2.45, 2.75) is 19.8 Å². The second-order valence-electron chi connectivity index (χ2n) is 2.99. The highest BCUT2D eigenvalue weighted by Gasteiger charge is 2.04. The van der Waals surface area contributed by atoms with E-state index in [4.69, 9.17) is 0 Å². The molecule has 0 saturated carbocycles. The van der Waals surface area contributed by atoms with Crippen LogP contribution >= 0.6 is 33.9 Å². The Morgan fingerprint density at radius 2 is 2.43 bits per heavy atom. The molecule has 0 aliphatic rings. The summed E-state index contributed by atoms with van der Waals surface area (Å²) in [6.45, 7) is 2.94. The van der Waals surface area contributed by atoms with Crippen LogP contribution in [0.3, 0.4) is 0 Å². The van der Waals surface area contributed by atoms with Crippen LogP contribution in [0.2, 0.25) is 0 Å². The number of thiazole rings is 1. The molecule has 0 aromatic carbocycles. The molecule has 0 unspecified atom stereocenters. The van der Waals surface area contributed by atoms with Crippen LogP contribution in [0.1, 0.15) is 18.2 Å². The predicted molar refractivity (Wildman–Crippen MR) is 71.2 cm³/mol. The molecule has 0 N–H and O–H groups in total. The third kappa shape index (κ3) is 3.46. The van der Waals surface area contributed by atoms with Gasteiger partial charge in [0.15, 0.2) is 5.13 Å². The van der Waals surface area contributed by atoms with Crippen molar-refractivity contribution in [1.82, 2.24) is 4.98 Å². The number of aryl methyl sites for hydroxylation is 1. The molecule has 0 fully saturated rings. The summed E-state index contributed by atoms with van der Waals surface area (Å²) in [5.41, 5.74) is 0. The second kappa shape index (κ2) is 6.25. The first kappa shape index (κ1) is 11.8. The lowest BCUT2D eigenvalue weighted by Gasteiger charge is -2.10. The third-order valence-corrected chi connectivity index (χ3v) is 3.30. The van der Waals surface area contributed by atoms with Gasteiger partial charge in [-0.1, -0.05) is 19.3 Å². The summed E-state index contributed by atoms with van der Waals surface area (Å²) < 4.78 is 2.86. The molecule has 1 rings (SSSR count). The van der Waals surface area contributed by atoms with Gasteiger partial charge in [-0.2, -0.15) is 0 Å². The highest BCUT2D eigenvalue weighted by atomic mass is 127. The average molecular weight is 320 g/mol. The standard InChI is InChI=1S/C10H13IN2S/c1-3-5-9-8-12-10(14-9)13(2)7-4-6-11/h8H,3,5,7H2,1-2H3. The van der Waals surface area contributed by atoms with Crippen molar-refractivity contribution in [1.29, 1.82) is 0 Å². The van der Waals surface area contributed by atoms with Gasteiger partial charge < -0.3 is 4.90 Å². The topological polar surface area (TPSA) is 16.1 Å². The zero-order valence-electron chi connectivity index (χ0n) is 8.38. The van der Waals surface area contributed by atoms with Gasteiger partial charge in [0.05, 0.1) is 6.54 Å². The molecule has 76 valence electrons. The lowest BCUT2D eigenvalue weighted by atomic mass is 10.3. The highest BCUT2D eigenvalue weighted by molar-refractivity contribution is 14.1. The van der Waals surface area contributed by atoms with E-state index in [1.807, 2.05) is 13.2 Å². The lowest BCUT2D eigenvalue weighted by Crippen LogP contribution is -2.16. The first-order valence-electron chi connectivity index (χ1n) is 4.52. The number of aromatic nitrogens is 1. The van der Waals surface area contributed by atoms with Crippen LogP contribution in [0.4, 0.5) is 5.13 Å². The van der Waals surface area contributed by atoms with Gasteiger partial charge in [-0.3, -0.25) is 0 Å². The molecule has 2 nitrogen and oxygen atoms in total. The normalized spacial score (nSPS) is 9.36. The molecular formula is C10H13IN2S. The van der Waals surface area contributed by atoms with Crippen LogP contribution in [0.15, 0.2) is 6.20 Å². The van der Waals surface area contributed by atoms with Crippen LogP contribution < -0.4 is 4.90 Å². The highest BCUT2D eigenvalue weighted by Crippen LogP contribution is 2.21. The smallest absolute Gasteiger partial charge is 0.186 e. The maximum absolute atomic E-state index is 4.36. The molecular weight excluding hydrogens is 307 g/mol. The molecule has 1 aromatic heterocycles. The van der Waals surface area contributed by atoms with E-state index in [-0.39, 0.29) is 0 Å². The lowest BCUT2D eigenvalue weighted by molar-refractivity contribution is 0.936. The molecule has 0 aliphatic heterocycles. The number of halogens is 1. The van der Waals surface area contributed by atoms with E-state index < -0.39 is 0 Å². The monoisotopic (exact) mass is 320 g/mol. The van der Waals surface area contributed by atoms with E-state index >= 15 is 0 Å². The summed E-state index contributed by atoms with van der Waals surface area (Å²) in [7, 11) is 2.02. The van der Waals surface area contributed by atoms with Gasteiger partial charge in [-0.05, 0) is 10.3 Å². The quantitative estimate of drug-likeness (QED) is 0.626. The van der Waals surface area contributed by atoms with Crippen LogP contribution in [0.5, 0.6) is 0 Å². The Morgan fingerprint density at radius 1 is 1.64 bits per heavy atom. The molecule has 0 saturated heterocycles. The fraction of sp³-hybridized carbons (Fsp3) is 0.500. The largest absolute Gasteiger partial charge is 0.340 e. The Balaban J connectivity index is 2.59. The molecule has 0 bridgehead atoms. The van der Waals surface area contributed by atoms with Crippen molar-refractivity contribution in [3.8, 4) is 9.85 Å². The molecule has 14 heavy (non-hydrogen) atoms. The Hall–Kier alpha value is -0.280. The number of hydrogen-bond donors (Lipinski definition) is 0. The molecule has 1 aromatic rings. The summed E-state index contributed by atoms with van der Waals surface area (Å²) >= 11 is 3.81. The van der Waals surface area contributed by atoms with Crippen LogP contribution in [0.25, 0.3) is 0 Å². The van der Waals surface area contributed by atoms with Gasteiger partial charge in [-0.15, -0.1) is 11.3 Å². The van der Waals surface area contributed by atoms with Gasteiger partial charge in [0, 0.05) is 40.7 Å². The number of rotatable bonds is 4. The summed E-state index contributed by atoms with van der Waals surface area (Å²) in [5, 5.41) is 1.06. The minimum Gasteiger partial charge on any atom is -0.340 e. The zero-order valence-corrected chi connectivity index (χ0v) is 11.4. The van der Waals surface area contributed by atoms with Gasteiger partial charge in [0.2, 0.25) is 0 Å². The number of nitrogens with zero attached hydrogens (tertiary/aromatic N) is 2. The van der Waals surface area contributed by atoms with Crippen molar-refractivity contribution < 1.29 is 0 Å². The van der Waals surface area contributed by atoms with E-state index in [1.165, 1.54) is 11.3 Å². The maximum atomic E-state index is 4.36. The number of anilines is 1. The van der Waals surface area contributed by atoms with Gasteiger partial charge >= 0.3 is 0 Å². The van der Waals surface area contributed by atoms with Crippen molar-refractivity contribution >= 4 is 39.1 Å². The molecule has 1 heterocycles.